The van der Waals surface area contributed by atoms with Gasteiger partial charge in [0.15, 0.2) is 5.75 Å². The summed E-state index contributed by atoms with van der Waals surface area (Å²) >= 11 is 12.8. The topological polar surface area (TPSA) is 97.8 Å². The van der Waals surface area contributed by atoms with Crippen LogP contribution in [-0.4, -0.2) is 56.6 Å². The van der Waals surface area contributed by atoms with Crippen molar-refractivity contribution in [1.29, 1.82) is 0 Å². The first kappa shape index (κ1) is 26.5. The Bertz CT molecular complexity index is 1150. The van der Waals surface area contributed by atoms with E-state index in [1.807, 2.05) is 13.8 Å². The number of amides is 1. The average molecular weight is 530 g/mol. The lowest BCUT2D eigenvalue weighted by Crippen LogP contribution is -2.41. The van der Waals surface area contributed by atoms with Gasteiger partial charge >= 0.3 is 0 Å². The number of halogens is 2. The highest BCUT2D eigenvalue weighted by Gasteiger charge is 2.26. The largest absolute Gasteiger partial charge is 0.481 e. The highest BCUT2D eigenvalue weighted by Crippen LogP contribution is 2.39. The van der Waals surface area contributed by atoms with E-state index in [1.54, 1.807) is 25.3 Å². The van der Waals surface area contributed by atoms with Crippen molar-refractivity contribution >= 4 is 39.1 Å². The van der Waals surface area contributed by atoms with Gasteiger partial charge in [0.2, 0.25) is 15.9 Å². The molecule has 0 radical (unpaired) electrons. The zero-order valence-electron chi connectivity index (χ0n) is 19.6. The molecule has 2 aromatic rings. The Hall–Kier alpha value is -2.07. The molecule has 1 aromatic heterocycles. The summed E-state index contributed by atoms with van der Waals surface area (Å²) in [5, 5.41) is 3.25. The number of sulfonamides is 1. The van der Waals surface area contributed by atoms with Gasteiger partial charge in [0, 0.05) is 25.2 Å². The fourth-order valence-corrected chi connectivity index (χ4v) is 5.19. The number of methoxy groups -OCH3 is 1. The van der Waals surface area contributed by atoms with Crippen molar-refractivity contribution in [2.24, 2.45) is 5.92 Å². The van der Waals surface area contributed by atoms with Crippen molar-refractivity contribution < 1.29 is 22.7 Å². The van der Waals surface area contributed by atoms with Crippen LogP contribution in [0.2, 0.25) is 10.0 Å². The molecule has 186 valence electrons. The molecule has 11 heteroatoms. The maximum absolute atomic E-state index is 12.8. The van der Waals surface area contributed by atoms with Crippen LogP contribution in [0.1, 0.15) is 48.5 Å². The molecule has 3 rings (SSSR count). The average Bonchev–Trinajstić information content (AvgIpc) is 2.79. The lowest BCUT2D eigenvalue weighted by Gasteiger charge is -2.30. The first-order chi connectivity index (χ1) is 16.0. The van der Waals surface area contributed by atoms with Gasteiger partial charge in [0.1, 0.15) is 5.75 Å². The number of piperidine rings is 1. The molecule has 34 heavy (non-hydrogen) atoms. The van der Waals surface area contributed by atoms with Gasteiger partial charge in [-0.15, -0.1) is 0 Å². The summed E-state index contributed by atoms with van der Waals surface area (Å²) in [6.45, 7) is 5.35. The highest BCUT2D eigenvalue weighted by molar-refractivity contribution is 7.88. The molecule has 0 bridgehead atoms. The molecule has 0 unspecified atom stereocenters. The van der Waals surface area contributed by atoms with Crippen LogP contribution in [0, 0.1) is 5.92 Å². The van der Waals surface area contributed by atoms with E-state index < -0.39 is 10.0 Å². The van der Waals surface area contributed by atoms with Gasteiger partial charge in [-0.25, -0.2) is 17.7 Å². The van der Waals surface area contributed by atoms with Crippen molar-refractivity contribution in [3.05, 3.63) is 45.6 Å². The third-order valence-electron chi connectivity index (χ3n) is 5.78. The molecule has 1 saturated heterocycles. The minimum atomic E-state index is -3.18. The molecule has 1 aromatic carbocycles. The third kappa shape index (κ3) is 6.33. The summed E-state index contributed by atoms with van der Waals surface area (Å²) in [7, 11) is -1.63. The van der Waals surface area contributed by atoms with E-state index in [4.69, 9.17) is 32.7 Å². The molecule has 1 amide bonds. The number of aromatic nitrogens is 1. The summed E-state index contributed by atoms with van der Waals surface area (Å²) in [4.78, 5) is 17.1. The Kier molecular flexibility index (Phi) is 8.67. The van der Waals surface area contributed by atoms with Crippen LogP contribution in [0.5, 0.6) is 17.4 Å². The van der Waals surface area contributed by atoms with Crippen LogP contribution in [0.3, 0.4) is 0 Å². The number of carbonyl (C=O) groups excluding carboxylic acids is 1. The van der Waals surface area contributed by atoms with Crippen molar-refractivity contribution in [1.82, 2.24) is 14.6 Å². The zero-order chi connectivity index (χ0) is 25.0. The van der Waals surface area contributed by atoms with Crippen LogP contribution in [0.25, 0.3) is 0 Å². The van der Waals surface area contributed by atoms with E-state index in [1.165, 1.54) is 16.8 Å². The number of nitrogens with one attached hydrogen (secondary N) is 1. The van der Waals surface area contributed by atoms with Crippen LogP contribution < -0.4 is 14.8 Å². The smallest absolute Gasteiger partial charge is 0.252 e. The summed E-state index contributed by atoms with van der Waals surface area (Å²) in [6, 6.07) is 4.91. The number of benzene rings is 1. The molecule has 0 spiro atoms. The SMILES string of the molecule is COc1ncc(Oc2c(Cl)ccc(C(=O)NCC3CCN(S(C)(=O)=O)CC3)c2Cl)cc1C(C)C. The first-order valence-corrected chi connectivity index (χ1v) is 13.5. The molecule has 0 atom stereocenters. The number of rotatable bonds is 8. The molecule has 8 nitrogen and oxygen atoms in total. The van der Waals surface area contributed by atoms with E-state index >= 15 is 0 Å². The van der Waals surface area contributed by atoms with Crippen molar-refractivity contribution in [3.8, 4) is 17.4 Å². The molecule has 1 N–H and O–H groups in total. The quantitative estimate of drug-likeness (QED) is 0.531. The molecule has 2 heterocycles. The number of carbonyl (C=O) groups is 1. The highest BCUT2D eigenvalue weighted by atomic mass is 35.5. The maximum Gasteiger partial charge on any atom is 0.252 e. The fraction of sp³-hybridized carbons (Fsp3) is 0.478. The number of hydrogen-bond acceptors (Lipinski definition) is 6. The molecular weight excluding hydrogens is 501 g/mol. The van der Waals surface area contributed by atoms with Crippen LogP contribution in [0.15, 0.2) is 24.4 Å². The second-order valence-electron chi connectivity index (χ2n) is 8.58. The fourth-order valence-electron chi connectivity index (χ4n) is 3.79. The Morgan fingerprint density at radius 3 is 2.53 bits per heavy atom. The predicted molar refractivity (Wildman–Crippen MR) is 133 cm³/mol. The van der Waals surface area contributed by atoms with E-state index in [0.717, 1.165) is 5.56 Å². The van der Waals surface area contributed by atoms with Crippen molar-refractivity contribution in [2.45, 2.75) is 32.6 Å². The van der Waals surface area contributed by atoms with Gasteiger partial charge in [-0.2, -0.15) is 0 Å². The predicted octanol–water partition coefficient (Wildman–Crippen LogP) is 4.71. The van der Waals surface area contributed by atoms with Crippen molar-refractivity contribution in [3.63, 3.8) is 0 Å². The lowest BCUT2D eigenvalue weighted by atomic mass is 9.98. The number of nitrogens with zero attached hydrogens (tertiary/aromatic N) is 2. The third-order valence-corrected chi connectivity index (χ3v) is 7.75. The van der Waals surface area contributed by atoms with Gasteiger partial charge in [0.25, 0.3) is 5.91 Å². The van der Waals surface area contributed by atoms with E-state index in [0.29, 0.717) is 44.1 Å². The Balaban J connectivity index is 1.70. The Labute approximate surface area is 210 Å². The monoisotopic (exact) mass is 529 g/mol. The number of hydrogen-bond donors (Lipinski definition) is 1. The second kappa shape index (κ2) is 11.1. The van der Waals surface area contributed by atoms with E-state index in [2.05, 4.69) is 10.3 Å². The van der Waals surface area contributed by atoms with E-state index in [-0.39, 0.29) is 39.1 Å². The van der Waals surface area contributed by atoms with Gasteiger partial charge in [-0.1, -0.05) is 37.0 Å². The molecule has 0 aliphatic carbocycles. The minimum Gasteiger partial charge on any atom is -0.481 e. The molecular formula is C23H29Cl2N3O5S. The maximum atomic E-state index is 12.8. The number of ether oxygens (including phenoxy) is 2. The Morgan fingerprint density at radius 1 is 1.26 bits per heavy atom. The molecule has 1 aliphatic rings. The van der Waals surface area contributed by atoms with Crippen LogP contribution in [-0.2, 0) is 10.0 Å². The second-order valence-corrected chi connectivity index (χ2v) is 11.3. The van der Waals surface area contributed by atoms with Crippen molar-refractivity contribution in [2.75, 3.05) is 33.0 Å². The molecule has 1 fully saturated rings. The zero-order valence-corrected chi connectivity index (χ0v) is 21.9. The summed E-state index contributed by atoms with van der Waals surface area (Å²) in [6.07, 6.45) is 4.08. The van der Waals surface area contributed by atoms with E-state index in [9.17, 15) is 13.2 Å². The first-order valence-electron chi connectivity index (χ1n) is 10.9. The normalized spacial score (nSPS) is 15.4. The van der Waals surface area contributed by atoms with Crippen LogP contribution >= 0.6 is 23.2 Å². The molecule has 0 saturated carbocycles. The summed E-state index contributed by atoms with van der Waals surface area (Å²) in [5.41, 5.74) is 1.10. The summed E-state index contributed by atoms with van der Waals surface area (Å²) in [5.74, 6) is 1.08. The van der Waals surface area contributed by atoms with Gasteiger partial charge in [0.05, 0.1) is 35.2 Å². The van der Waals surface area contributed by atoms with Gasteiger partial charge in [-0.05, 0) is 42.9 Å². The standard InChI is InChI=1S/C23H29Cl2N3O5S/c1-14(2)18-11-16(13-27-23(18)32-3)33-21-19(24)6-5-17(20(21)25)22(29)26-12-15-7-9-28(10-8-15)34(4,30)31/h5-6,11,13-15H,7-10,12H2,1-4H3,(H,26,29). The molecule has 1 aliphatic heterocycles. The minimum absolute atomic E-state index is 0.0961. The summed E-state index contributed by atoms with van der Waals surface area (Å²) < 4.78 is 36.0. The lowest BCUT2D eigenvalue weighted by molar-refractivity contribution is 0.0941. The van der Waals surface area contributed by atoms with Gasteiger partial charge in [-0.3, -0.25) is 4.79 Å². The van der Waals surface area contributed by atoms with Gasteiger partial charge < -0.3 is 14.8 Å². The number of pyridine rings is 1. The Morgan fingerprint density at radius 2 is 1.94 bits per heavy atom. The van der Waals surface area contributed by atoms with Crippen LogP contribution in [0.4, 0.5) is 0 Å².